The second-order valence-electron chi connectivity index (χ2n) is 9.18. The summed E-state index contributed by atoms with van der Waals surface area (Å²) >= 11 is 0. The maximum absolute atomic E-state index is 10.9. The first kappa shape index (κ1) is 16.3. The third-order valence-corrected chi connectivity index (χ3v) is 7.30. The summed E-state index contributed by atoms with van der Waals surface area (Å²) in [6.07, 6.45) is 8.46. The van der Waals surface area contributed by atoms with Gasteiger partial charge in [-0.25, -0.2) is 0 Å². The minimum Gasteiger partial charge on any atom is -0.390 e. The van der Waals surface area contributed by atoms with Gasteiger partial charge in [0, 0.05) is 10.8 Å². The van der Waals surface area contributed by atoms with Crippen molar-refractivity contribution in [3.05, 3.63) is 24.3 Å². The zero-order valence-electron chi connectivity index (χ0n) is 14.6. The summed E-state index contributed by atoms with van der Waals surface area (Å²) in [7, 11) is 0. The van der Waals surface area contributed by atoms with Gasteiger partial charge in [0.25, 0.3) is 0 Å². The smallest absolute Gasteiger partial charge is 0.0861 e. The Hall–Kier alpha value is -0.600. The second kappa shape index (κ2) is 4.95. The summed E-state index contributed by atoms with van der Waals surface area (Å²) < 4.78 is 0. The predicted octanol–water partition coefficient (Wildman–Crippen LogP) is 4.08. The van der Waals surface area contributed by atoms with Crippen LogP contribution < -0.4 is 0 Å². The van der Waals surface area contributed by atoms with Gasteiger partial charge in [0.15, 0.2) is 0 Å². The molecule has 0 unspecified atom stereocenters. The van der Waals surface area contributed by atoms with Crippen molar-refractivity contribution in [3.8, 4) is 0 Å². The quantitative estimate of drug-likeness (QED) is 0.717. The summed E-state index contributed by atoms with van der Waals surface area (Å²) in [6, 6.07) is 0. The molecule has 124 valence electrons. The third-order valence-electron chi connectivity index (χ3n) is 7.30. The van der Waals surface area contributed by atoms with Crippen LogP contribution in [0, 0.1) is 28.1 Å². The summed E-state index contributed by atoms with van der Waals surface area (Å²) in [4.78, 5) is 0. The summed E-state index contributed by atoms with van der Waals surface area (Å²) in [5.74, 6) is 0.886. The van der Waals surface area contributed by atoms with E-state index >= 15 is 0 Å². The molecule has 2 N–H and O–H groups in total. The topological polar surface area (TPSA) is 40.5 Å². The molecule has 0 amide bonds. The molecular formula is C20H32O2. The SMILES string of the molecule is C=C[C@@]1(C)C=C2CC[C@@H]3C(C)(C)C[C@@H](O)[C@H](O)[C@@]3(C)[C@@H]2CC1. The highest BCUT2D eigenvalue weighted by molar-refractivity contribution is 5.27. The number of allylic oxidation sites excluding steroid dienone is 3. The largest absolute Gasteiger partial charge is 0.390 e. The van der Waals surface area contributed by atoms with Crippen molar-refractivity contribution < 1.29 is 10.2 Å². The van der Waals surface area contributed by atoms with Gasteiger partial charge < -0.3 is 10.2 Å². The van der Waals surface area contributed by atoms with Crippen LogP contribution in [-0.2, 0) is 0 Å². The lowest BCUT2D eigenvalue weighted by atomic mass is 9.44. The Morgan fingerprint density at radius 2 is 1.86 bits per heavy atom. The molecule has 6 atom stereocenters. The van der Waals surface area contributed by atoms with Gasteiger partial charge >= 0.3 is 0 Å². The van der Waals surface area contributed by atoms with E-state index in [1.165, 1.54) is 5.57 Å². The van der Waals surface area contributed by atoms with Gasteiger partial charge in [-0.05, 0) is 49.4 Å². The summed E-state index contributed by atoms with van der Waals surface area (Å²) in [5, 5.41) is 21.4. The van der Waals surface area contributed by atoms with Gasteiger partial charge in [-0.1, -0.05) is 45.4 Å². The predicted molar refractivity (Wildman–Crippen MR) is 90.4 cm³/mol. The van der Waals surface area contributed by atoms with Crippen LogP contribution in [0.4, 0.5) is 0 Å². The van der Waals surface area contributed by atoms with Crippen molar-refractivity contribution >= 4 is 0 Å². The number of aliphatic hydroxyl groups excluding tert-OH is 2. The highest BCUT2D eigenvalue weighted by Gasteiger charge is 2.60. The number of aliphatic hydroxyl groups is 2. The van der Waals surface area contributed by atoms with E-state index in [4.69, 9.17) is 0 Å². The van der Waals surface area contributed by atoms with E-state index in [0.29, 0.717) is 18.3 Å². The van der Waals surface area contributed by atoms with Gasteiger partial charge in [-0.15, -0.1) is 6.58 Å². The minimum absolute atomic E-state index is 0.0954. The van der Waals surface area contributed by atoms with Crippen molar-refractivity contribution in [3.63, 3.8) is 0 Å². The van der Waals surface area contributed by atoms with E-state index in [0.717, 1.165) is 25.7 Å². The molecule has 3 rings (SSSR count). The normalized spacial score (nSPS) is 50.5. The molecule has 2 fully saturated rings. The molecule has 0 bridgehead atoms. The Kier molecular flexibility index (Phi) is 3.66. The molecule has 0 spiro atoms. The van der Waals surface area contributed by atoms with Gasteiger partial charge in [0.1, 0.15) is 0 Å². The molecule has 0 saturated heterocycles. The first-order chi connectivity index (χ1) is 10.1. The fourth-order valence-electron chi connectivity index (χ4n) is 6.07. The van der Waals surface area contributed by atoms with Crippen LogP contribution >= 0.6 is 0 Å². The number of fused-ring (bicyclic) bond motifs is 3. The standard InChI is InChI=1S/C20H32O2/c1-6-19(4)10-9-14-13(11-19)7-8-16-18(2,3)12-15(21)17(22)20(14,16)5/h6,11,14-17,21-22H,1,7-10,12H2,2-5H3/t14-,15-,16-,17+,19-,20+/m1/s1. The summed E-state index contributed by atoms with van der Waals surface area (Å²) in [5.41, 5.74) is 1.49. The number of hydrogen-bond donors (Lipinski definition) is 2. The zero-order chi connectivity index (χ0) is 16.3. The first-order valence-electron chi connectivity index (χ1n) is 8.85. The van der Waals surface area contributed by atoms with Crippen LogP contribution in [0.2, 0.25) is 0 Å². The lowest BCUT2D eigenvalue weighted by molar-refractivity contribution is -0.191. The maximum Gasteiger partial charge on any atom is 0.0861 e. The molecule has 2 heteroatoms. The zero-order valence-corrected chi connectivity index (χ0v) is 14.6. The molecular weight excluding hydrogens is 272 g/mol. The van der Waals surface area contributed by atoms with Crippen molar-refractivity contribution in [2.75, 3.05) is 0 Å². The fourth-order valence-corrected chi connectivity index (χ4v) is 6.07. The molecule has 0 aromatic heterocycles. The van der Waals surface area contributed by atoms with Crippen LogP contribution in [-0.4, -0.2) is 22.4 Å². The van der Waals surface area contributed by atoms with Gasteiger partial charge in [-0.3, -0.25) is 0 Å². The molecule has 2 nitrogen and oxygen atoms in total. The Balaban J connectivity index is 2.04. The molecule has 0 radical (unpaired) electrons. The highest BCUT2D eigenvalue weighted by atomic mass is 16.3. The van der Waals surface area contributed by atoms with Crippen LogP contribution in [0.5, 0.6) is 0 Å². The van der Waals surface area contributed by atoms with Crippen LogP contribution in [0.3, 0.4) is 0 Å². The molecule has 3 aliphatic carbocycles. The van der Waals surface area contributed by atoms with Gasteiger partial charge in [0.2, 0.25) is 0 Å². The lowest BCUT2D eigenvalue weighted by Crippen LogP contribution is -2.62. The molecule has 0 heterocycles. The van der Waals surface area contributed by atoms with E-state index in [-0.39, 0.29) is 16.2 Å². The molecule has 3 aliphatic rings. The monoisotopic (exact) mass is 304 g/mol. The Morgan fingerprint density at radius 1 is 1.18 bits per heavy atom. The minimum atomic E-state index is -0.604. The Labute approximate surface area is 135 Å². The maximum atomic E-state index is 10.9. The van der Waals surface area contributed by atoms with Crippen molar-refractivity contribution in [1.29, 1.82) is 0 Å². The number of hydrogen-bond acceptors (Lipinski definition) is 2. The van der Waals surface area contributed by atoms with Gasteiger partial charge in [0.05, 0.1) is 12.2 Å². The fraction of sp³-hybridized carbons (Fsp3) is 0.800. The van der Waals surface area contributed by atoms with E-state index in [1.54, 1.807) is 0 Å². The molecule has 22 heavy (non-hydrogen) atoms. The average molecular weight is 304 g/mol. The van der Waals surface area contributed by atoms with Crippen molar-refractivity contribution in [1.82, 2.24) is 0 Å². The Morgan fingerprint density at radius 3 is 2.50 bits per heavy atom. The van der Waals surface area contributed by atoms with Crippen LogP contribution in [0.25, 0.3) is 0 Å². The Bertz CT molecular complexity index is 506. The summed E-state index contributed by atoms with van der Waals surface area (Å²) in [6.45, 7) is 13.1. The molecule has 0 aliphatic heterocycles. The van der Waals surface area contributed by atoms with Crippen molar-refractivity contribution in [2.24, 2.45) is 28.1 Å². The van der Waals surface area contributed by atoms with Crippen LogP contribution in [0.15, 0.2) is 24.3 Å². The van der Waals surface area contributed by atoms with Gasteiger partial charge in [-0.2, -0.15) is 0 Å². The second-order valence-corrected chi connectivity index (χ2v) is 9.18. The first-order valence-corrected chi connectivity index (χ1v) is 8.85. The van der Waals surface area contributed by atoms with Crippen LogP contribution in [0.1, 0.15) is 59.8 Å². The van der Waals surface area contributed by atoms with E-state index in [2.05, 4.69) is 46.4 Å². The highest BCUT2D eigenvalue weighted by Crippen LogP contribution is 2.63. The van der Waals surface area contributed by atoms with E-state index in [9.17, 15) is 10.2 Å². The third kappa shape index (κ3) is 2.14. The average Bonchev–Trinajstić information content (AvgIpc) is 2.44. The lowest BCUT2D eigenvalue weighted by Gasteiger charge is -2.62. The molecule has 2 saturated carbocycles. The van der Waals surface area contributed by atoms with E-state index < -0.39 is 12.2 Å². The number of rotatable bonds is 1. The molecule has 0 aromatic rings. The van der Waals surface area contributed by atoms with E-state index in [1.807, 2.05) is 0 Å². The molecule has 0 aromatic carbocycles. The van der Waals surface area contributed by atoms with Crippen molar-refractivity contribution in [2.45, 2.75) is 72.0 Å².